The number of aromatic nitrogens is 2. The topological polar surface area (TPSA) is 34.9 Å². The monoisotopic (exact) mass is 320 g/mol. The molecular formula is C13H9BrN2OS. The van der Waals surface area contributed by atoms with E-state index in [0.717, 1.165) is 20.1 Å². The Morgan fingerprint density at radius 1 is 1.22 bits per heavy atom. The molecule has 0 bridgehead atoms. The number of halogens is 1. The van der Waals surface area contributed by atoms with Gasteiger partial charge in [0.1, 0.15) is 4.70 Å². The van der Waals surface area contributed by atoms with Gasteiger partial charge in [0.05, 0.1) is 12.7 Å². The predicted molar refractivity (Wildman–Crippen MR) is 77.1 cm³/mol. The van der Waals surface area contributed by atoms with Gasteiger partial charge >= 0.3 is 0 Å². The van der Waals surface area contributed by atoms with Crippen LogP contribution in [0.4, 0.5) is 0 Å². The average molecular weight is 321 g/mol. The number of benzene rings is 1. The highest BCUT2D eigenvalue weighted by atomic mass is 79.9. The number of nitrogens with zero attached hydrogens (tertiary/aromatic N) is 2. The van der Waals surface area contributed by atoms with Crippen LogP contribution in [-0.4, -0.2) is 9.78 Å². The lowest BCUT2D eigenvalue weighted by molar-refractivity contribution is 0.648. The van der Waals surface area contributed by atoms with Crippen molar-refractivity contribution in [1.29, 1.82) is 0 Å². The van der Waals surface area contributed by atoms with Crippen molar-refractivity contribution in [3.63, 3.8) is 0 Å². The molecule has 0 aliphatic rings. The molecule has 3 nitrogen and oxygen atoms in total. The molecule has 0 radical (unpaired) electrons. The van der Waals surface area contributed by atoms with Crippen LogP contribution >= 0.6 is 27.3 Å². The second-order valence-corrected chi connectivity index (χ2v) is 5.77. The van der Waals surface area contributed by atoms with Gasteiger partial charge < -0.3 is 0 Å². The smallest absolute Gasteiger partial charge is 0.266 e. The van der Waals surface area contributed by atoms with Crippen LogP contribution in [0.1, 0.15) is 5.56 Å². The zero-order chi connectivity index (χ0) is 12.5. The summed E-state index contributed by atoms with van der Waals surface area (Å²) in [6.07, 6.45) is 1.74. The molecular weight excluding hydrogens is 312 g/mol. The van der Waals surface area contributed by atoms with Crippen molar-refractivity contribution in [3.8, 4) is 0 Å². The summed E-state index contributed by atoms with van der Waals surface area (Å²) in [4.78, 5) is 12.2. The summed E-state index contributed by atoms with van der Waals surface area (Å²) in [5.74, 6) is 0. The number of fused-ring (bicyclic) bond motifs is 1. The molecule has 0 saturated heterocycles. The van der Waals surface area contributed by atoms with Crippen molar-refractivity contribution in [2.75, 3.05) is 0 Å². The van der Waals surface area contributed by atoms with Crippen molar-refractivity contribution in [3.05, 3.63) is 62.3 Å². The molecule has 0 fully saturated rings. The molecule has 0 N–H and O–H groups in total. The number of hydrogen-bond donors (Lipinski definition) is 0. The van der Waals surface area contributed by atoms with Crippen molar-refractivity contribution in [2.24, 2.45) is 0 Å². The van der Waals surface area contributed by atoms with E-state index in [1.165, 1.54) is 16.0 Å². The summed E-state index contributed by atoms with van der Waals surface area (Å²) in [6.45, 7) is 0.500. The van der Waals surface area contributed by atoms with Crippen molar-refractivity contribution in [2.45, 2.75) is 6.54 Å². The Bertz CT molecular complexity index is 746. The molecule has 0 spiro atoms. The second kappa shape index (κ2) is 4.66. The van der Waals surface area contributed by atoms with E-state index in [4.69, 9.17) is 0 Å². The summed E-state index contributed by atoms with van der Waals surface area (Å²) < 4.78 is 3.30. The highest BCUT2D eigenvalue weighted by molar-refractivity contribution is 9.10. The Morgan fingerprint density at radius 2 is 2.00 bits per heavy atom. The lowest BCUT2D eigenvalue weighted by Gasteiger charge is -2.04. The zero-order valence-electron chi connectivity index (χ0n) is 9.34. The SMILES string of the molecule is O=c1c2sccc2cnn1Cc1ccc(Br)cc1. The third-order valence-electron chi connectivity index (χ3n) is 2.71. The third kappa shape index (κ3) is 2.11. The maximum absolute atomic E-state index is 12.2. The van der Waals surface area contributed by atoms with Gasteiger partial charge in [0.15, 0.2) is 0 Å². The van der Waals surface area contributed by atoms with Crippen LogP contribution < -0.4 is 5.56 Å². The van der Waals surface area contributed by atoms with Crippen LogP contribution in [-0.2, 0) is 6.54 Å². The highest BCUT2D eigenvalue weighted by Gasteiger charge is 2.05. The molecule has 0 amide bonds. The molecule has 3 rings (SSSR count). The number of rotatable bonds is 2. The van der Waals surface area contributed by atoms with Crippen LogP contribution in [0.2, 0.25) is 0 Å². The lowest BCUT2D eigenvalue weighted by Crippen LogP contribution is -2.22. The summed E-state index contributed by atoms with van der Waals surface area (Å²) in [7, 11) is 0. The van der Waals surface area contributed by atoms with Gasteiger partial charge in [-0.05, 0) is 29.1 Å². The van der Waals surface area contributed by atoms with Gasteiger partial charge in [-0.15, -0.1) is 11.3 Å². The molecule has 0 unspecified atom stereocenters. The maximum Gasteiger partial charge on any atom is 0.285 e. The van der Waals surface area contributed by atoms with E-state index in [1.54, 1.807) is 6.20 Å². The Balaban J connectivity index is 2.02. The molecule has 0 aliphatic carbocycles. The van der Waals surface area contributed by atoms with Crippen LogP contribution in [0.15, 0.2) is 51.2 Å². The first-order chi connectivity index (χ1) is 8.74. The summed E-state index contributed by atoms with van der Waals surface area (Å²) in [5, 5.41) is 7.02. The first kappa shape index (κ1) is 11.6. The summed E-state index contributed by atoms with van der Waals surface area (Å²) >= 11 is 4.85. The average Bonchev–Trinajstić information content (AvgIpc) is 2.84. The van der Waals surface area contributed by atoms with Gasteiger partial charge in [-0.1, -0.05) is 28.1 Å². The zero-order valence-corrected chi connectivity index (χ0v) is 11.7. The normalized spacial score (nSPS) is 10.9. The van der Waals surface area contributed by atoms with Gasteiger partial charge in [0.2, 0.25) is 0 Å². The van der Waals surface area contributed by atoms with E-state index in [9.17, 15) is 4.79 Å². The fourth-order valence-corrected chi connectivity index (χ4v) is 2.85. The highest BCUT2D eigenvalue weighted by Crippen LogP contribution is 2.15. The molecule has 2 aromatic heterocycles. The molecule has 0 aliphatic heterocycles. The number of thiophene rings is 1. The first-order valence-electron chi connectivity index (χ1n) is 5.42. The third-order valence-corrected chi connectivity index (χ3v) is 4.15. The largest absolute Gasteiger partial charge is 0.285 e. The van der Waals surface area contributed by atoms with E-state index < -0.39 is 0 Å². The Kier molecular flexibility index (Phi) is 3.01. The molecule has 5 heteroatoms. The maximum atomic E-state index is 12.2. The molecule has 90 valence electrons. The van der Waals surface area contributed by atoms with Crippen LogP contribution in [0.25, 0.3) is 10.1 Å². The first-order valence-corrected chi connectivity index (χ1v) is 7.09. The minimum Gasteiger partial charge on any atom is -0.266 e. The van der Waals surface area contributed by atoms with Gasteiger partial charge in [-0.3, -0.25) is 4.79 Å². The van der Waals surface area contributed by atoms with Gasteiger partial charge in [-0.25, -0.2) is 4.68 Å². The van der Waals surface area contributed by atoms with Crippen molar-refractivity contribution < 1.29 is 0 Å². The Hall–Kier alpha value is -1.46. The van der Waals surface area contributed by atoms with E-state index in [2.05, 4.69) is 21.0 Å². The minimum atomic E-state index is -0.0228. The van der Waals surface area contributed by atoms with Gasteiger partial charge in [0, 0.05) is 9.86 Å². The fourth-order valence-electron chi connectivity index (χ4n) is 1.77. The second-order valence-electron chi connectivity index (χ2n) is 3.94. The van der Waals surface area contributed by atoms with Crippen molar-refractivity contribution in [1.82, 2.24) is 9.78 Å². The van der Waals surface area contributed by atoms with E-state index >= 15 is 0 Å². The van der Waals surface area contributed by atoms with Crippen LogP contribution in [0, 0.1) is 0 Å². The standard InChI is InChI=1S/C13H9BrN2OS/c14-11-3-1-9(2-4-11)8-16-13(17)12-10(7-15-16)5-6-18-12/h1-7H,8H2. The molecule has 1 aromatic carbocycles. The molecule has 0 atom stereocenters. The Labute approximate surface area is 116 Å². The fraction of sp³-hybridized carbons (Fsp3) is 0.0769. The van der Waals surface area contributed by atoms with Crippen molar-refractivity contribution >= 4 is 37.4 Å². The van der Waals surface area contributed by atoms with E-state index in [0.29, 0.717) is 6.54 Å². The molecule has 18 heavy (non-hydrogen) atoms. The molecule has 0 saturated carbocycles. The van der Waals surface area contributed by atoms with Gasteiger partial charge in [0.25, 0.3) is 5.56 Å². The van der Waals surface area contributed by atoms with E-state index in [1.807, 2.05) is 35.7 Å². The van der Waals surface area contributed by atoms with Gasteiger partial charge in [-0.2, -0.15) is 5.10 Å². The summed E-state index contributed by atoms with van der Waals surface area (Å²) in [6, 6.07) is 9.81. The predicted octanol–water partition coefficient (Wildman–Crippen LogP) is 3.27. The lowest BCUT2D eigenvalue weighted by atomic mass is 10.2. The number of hydrogen-bond acceptors (Lipinski definition) is 3. The van der Waals surface area contributed by atoms with E-state index in [-0.39, 0.29) is 5.56 Å². The van der Waals surface area contributed by atoms with Crippen LogP contribution in [0.5, 0.6) is 0 Å². The molecule has 2 heterocycles. The molecule has 3 aromatic rings. The van der Waals surface area contributed by atoms with Crippen LogP contribution in [0.3, 0.4) is 0 Å². The summed E-state index contributed by atoms with van der Waals surface area (Å²) in [5.41, 5.74) is 1.04. The Morgan fingerprint density at radius 3 is 2.78 bits per heavy atom. The minimum absolute atomic E-state index is 0.0228. The quantitative estimate of drug-likeness (QED) is 0.726.